The highest BCUT2D eigenvalue weighted by atomic mass is 16.3. The third-order valence-electron chi connectivity index (χ3n) is 3.24. The Hall–Kier alpha value is -1.22. The van der Waals surface area contributed by atoms with Gasteiger partial charge >= 0.3 is 0 Å². The number of phenolic OH excluding ortho intramolecular Hbond substituents is 1. The molecule has 0 radical (unpaired) electrons. The summed E-state index contributed by atoms with van der Waals surface area (Å²) in [4.78, 5) is 0. The Morgan fingerprint density at radius 2 is 1.93 bits per heavy atom. The van der Waals surface area contributed by atoms with Gasteiger partial charge in [-0.05, 0) is 37.0 Å². The first-order valence-electron chi connectivity index (χ1n) is 5.45. The second-order valence-corrected chi connectivity index (χ2v) is 4.30. The van der Waals surface area contributed by atoms with E-state index < -0.39 is 6.10 Å². The zero-order valence-electron chi connectivity index (χ0n) is 8.69. The van der Waals surface area contributed by atoms with E-state index in [2.05, 4.69) is 0 Å². The van der Waals surface area contributed by atoms with Crippen molar-refractivity contribution < 1.29 is 10.2 Å². The lowest BCUT2D eigenvalue weighted by molar-refractivity contribution is 0.112. The molecule has 82 valence electrons. The van der Waals surface area contributed by atoms with Gasteiger partial charge in [0.25, 0.3) is 0 Å². The zero-order valence-corrected chi connectivity index (χ0v) is 8.69. The molecule has 1 atom stereocenters. The fourth-order valence-electron chi connectivity index (χ4n) is 2.35. The average Bonchev–Trinajstić information content (AvgIpc) is 2.74. The third kappa shape index (κ3) is 2.07. The first-order chi connectivity index (χ1) is 7.18. The van der Waals surface area contributed by atoms with E-state index in [9.17, 15) is 10.2 Å². The molecule has 1 aromatic rings. The van der Waals surface area contributed by atoms with Crippen molar-refractivity contribution in [3.63, 3.8) is 0 Å². The predicted octanol–water partition coefficient (Wildman–Crippen LogP) is 2.20. The molecule has 2 rings (SSSR count). The molecule has 0 aliphatic heterocycles. The number of nitrogen functional groups attached to an aromatic ring is 1. The number of hydrogen-bond donors (Lipinski definition) is 3. The van der Waals surface area contributed by atoms with E-state index in [1.165, 1.54) is 12.8 Å². The van der Waals surface area contributed by atoms with Crippen LogP contribution in [0.1, 0.15) is 37.4 Å². The standard InChI is InChI=1S/C12H17NO2/c13-11-6-5-9(14)7-10(11)12(15)8-3-1-2-4-8/h5-8,12,14-15H,1-4,13H2. The largest absolute Gasteiger partial charge is 0.508 e. The van der Waals surface area contributed by atoms with E-state index in [1.807, 2.05) is 0 Å². The summed E-state index contributed by atoms with van der Waals surface area (Å²) in [6.45, 7) is 0. The Kier molecular flexibility index (Phi) is 2.82. The van der Waals surface area contributed by atoms with E-state index >= 15 is 0 Å². The SMILES string of the molecule is Nc1ccc(O)cc1C(O)C1CCCC1. The Morgan fingerprint density at radius 3 is 2.60 bits per heavy atom. The molecule has 0 amide bonds. The number of nitrogens with two attached hydrogens (primary N) is 1. The number of benzene rings is 1. The van der Waals surface area contributed by atoms with E-state index in [0.29, 0.717) is 17.2 Å². The van der Waals surface area contributed by atoms with E-state index in [0.717, 1.165) is 12.8 Å². The van der Waals surface area contributed by atoms with Gasteiger partial charge < -0.3 is 15.9 Å². The summed E-state index contributed by atoms with van der Waals surface area (Å²) < 4.78 is 0. The normalized spacial score (nSPS) is 19.3. The van der Waals surface area contributed by atoms with Crippen LogP contribution in [0, 0.1) is 5.92 Å². The highest BCUT2D eigenvalue weighted by molar-refractivity contribution is 5.51. The molecule has 1 unspecified atom stereocenters. The minimum Gasteiger partial charge on any atom is -0.508 e. The van der Waals surface area contributed by atoms with Crippen molar-refractivity contribution in [3.05, 3.63) is 23.8 Å². The summed E-state index contributed by atoms with van der Waals surface area (Å²) in [6.07, 6.45) is 3.94. The number of aliphatic hydroxyl groups is 1. The lowest BCUT2D eigenvalue weighted by Crippen LogP contribution is -2.10. The van der Waals surface area contributed by atoms with Crippen LogP contribution in [0.4, 0.5) is 5.69 Å². The van der Waals surface area contributed by atoms with Gasteiger partial charge in [-0.15, -0.1) is 0 Å². The van der Waals surface area contributed by atoms with Crippen molar-refractivity contribution in [2.75, 3.05) is 5.73 Å². The molecule has 1 aliphatic carbocycles. The summed E-state index contributed by atoms with van der Waals surface area (Å²) >= 11 is 0. The maximum atomic E-state index is 10.1. The number of anilines is 1. The van der Waals surface area contributed by atoms with Crippen LogP contribution in [0.2, 0.25) is 0 Å². The molecule has 4 N–H and O–H groups in total. The van der Waals surface area contributed by atoms with Gasteiger partial charge in [-0.25, -0.2) is 0 Å². The summed E-state index contributed by atoms with van der Waals surface area (Å²) in [6, 6.07) is 4.75. The summed E-state index contributed by atoms with van der Waals surface area (Å²) in [5.41, 5.74) is 7.02. The molecular weight excluding hydrogens is 190 g/mol. The lowest BCUT2D eigenvalue weighted by Gasteiger charge is -2.19. The topological polar surface area (TPSA) is 66.5 Å². The molecule has 1 fully saturated rings. The number of hydrogen-bond acceptors (Lipinski definition) is 3. The quantitative estimate of drug-likeness (QED) is 0.514. The summed E-state index contributed by atoms with van der Waals surface area (Å²) in [5, 5.41) is 19.5. The van der Waals surface area contributed by atoms with Gasteiger partial charge in [-0.1, -0.05) is 12.8 Å². The van der Waals surface area contributed by atoms with Crippen molar-refractivity contribution in [1.29, 1.82) is 0 Å². The molecule has 0 heterocycles. The Labute approximate surface area is 89.5 Å². The molecule has 3 nitrogen and oxygen atoms in total. The number of phenols is 1. The number of aliphatic hydroxyl groups excluding tert-OH is 1. The molecule has 0 bridgehead atoms. The Balaban J connectivity index is 2.23. The maximum Gasteiger partial charge on any atom is 0.116 e. The highest BCUT2D eigenvalue weighted by Crippen LogP contribution is 2.38. The van der Waals surface area contributed by atoms with Gasteiger partial charge in [0.05, 0.1) is 6.10 Å². The third-order valence-corrected chi connectivity index (χ3v) is 3.24. The molecule has 0 spiro atoms. The van der Waals surface area contributed by atoms with Gasteiger partial charge in [0.1, 0.15) is 5.75 Å². The van der Waals surface area contributed by atoms with Crippen LogP contribution in [0.15, 0.2) is 18.2 Å². The second kappa shape index (κ2) is 4.11. The predicted molar refractivity (Wildman–Crippen MR) is 59.4 cm³/mol. The lowest BCUT2D eigenvalue weighted by atomic mass is 9.93. The molecule has 3 heteroatoms. The second-order valence-electron chi connectivity index (χ2n) is 4.30. The van der Waals surface area contributed by atoms with Gasteiger partial charge in [0.2, 0.25) is 0 Å². The van der Waals surface area contributed by atoms with E-state index in [4.69, 9.17) is 5.73 Å². The van der Waals surface area contributed by atoms with Crippen molar-refractivity contribution in [3.8, 4) is 5.75 Å². The van der Waals surface area contributed by atoms with Gasteiger partial charge in [0.15, 0.2) is 0 Å². The van der Waals surface area contributed by atoms with Gasteiger partial charge in [-0.2, -0.15) is 0 Å². The Morgan fingerprint density at radius 1 is 1.27 bits per heavy atom. The van der Waals surface area contributed by atoms with Gasteiger partial charge in [-0.3, -0.25) is 0 Å². The molecular formula is C12H17NO2. The average molecular weight is 207 g/mol. The van der Waals surface area contributed by atoms with Crippen molar-refractivity contribution >= 4 is 5.69 Å². The van der Waals surface area contributed by atoms with Gasteiger partial charge in [0, 0.05) is 11.3 Å². The highest BCUT2D eigenvalue weighted by Gasteiger charge is 2.25. The Bertz CT molecular complexity index is 345. The summed E-state index contributed by atoms with van der Waals surface area (Å²) in [5.74, 6) is 0.463. The molecule has 1 aromatic carbocycles. The van der Waals surface area contributed by atoms with Crippen LogP contribution in [-0.4, -0.2) is 10.2 Å². The van der Waals surface area contributed by atoms with Crippen molar-refractivity contribution in [2.24, 2.45) is 5.92 Å². The maximum absolute atomic E-state index is 10.1. The first kappa shape index (κ1) is 10.3. The fraction of sp³-hybridized carbons (Fsp3) is 0.500. The first-order valence-corrected chi connectivity index (χ1v) is 5.45. The van der Waals surface area contributed by atoms with Crippen LogP contribution >= 0.6 is 0 Å². The van der Waals surface area contributed by atoms with Crippen LogP contribution in [0.5, 0.6) is 5.75 Å². The summed E-state index contributed by atoms with van der Waals surface area (Å²) in [7, 11) is 0. The van der Waals surface area contributed by atoms with Crippen LogP contribution < -0.4 is 5.73 Å². The fourth-order valence-corrected chi connectivity index (χ4v) is 2.35. The molecule has 0 aromatic heterocycles. The molecule has 1 saturated carbocycles. The minimum absolute atomic E-state index is 0.163. The number of rotatable bonds is 2. The monoisotopic (exact) mass is 207 g/mol. The smallest absolute Gasteiger partial charge is 0.116 e. The van der Waals surface area contributed by atoms with E-state index in [1.54, 1.807) is 18.2 Å². The molecule has 1 aliphatic rings. The molecule has 15 heavy (non-hydrogen) atoms. The number of aromatic hydroxyl groups is 1. The van der Waals surface area contributed by atoms with Crippen LogP contribution in [0.3, 0.4) is 0 Å². The van der Waals surface area contributed by atoms with Crippen molar-refractivity contribution in [1.82, 2.24) is 0 Å². The van der Waals surface area contributed by atoms with Crippen LogP contribution in [-0.2, 0) is 0 Å². The minimum atomic E-state index is -0.528. The van der Waals surface area contributed by atoms with E-state index in [-0.39, 0.29) is 5.75 Å². The zero-order chi connectivity index (χ0) is 10.8. The van der Waals surface area contributed by atoms with Crippen LogP contribution in [0.25, 0.3) is 0 Å². The molecule has 0 saturated heterocycles. The van der Waals surface area contributed by atoms with Crippen molar-refractivity contribution in [2.45, 2.75) is 31.8 Å².